The smallest absolute Gasteiger partial charge is 0.380 e. The highest BCUT2D eigenvalue weighted by molar-refractivity contribution is 9.10. The maximum Gasteiger partial charge on any atom is 0.419 e. The first-order valence-electron chi connectivity index (χ1n) is 6.13. The normalized spacial score (nSPS) is 19.1. The van der Waals surface area contributed by atoms with E-state index in [0.29, 0.717) is 19.0 Å². The van der Waals surface area contributed by atoms with Gasteiger partial charge in [-0.1, -0.05) is 0 Å². The van der Waals surface area contributed by atoms with Gasteiger partial charge in [-0.05, 0) is 34.5 Å². The number of amides is 1. The van der Waals surface area contributed by atoms with Crippen molar-refractivity contribution in [2.45, 2.75) is 18.7 Å². The molecule has 1 saturated heterocycles. The summed E-state index contributed by atoms with van der Waals surface area (Å²) in [4.78, 5) is 13.6. The minimum atomic E-state index is -4.85. The van der Waals surface area contributed by atoms with Crippen LogP contribution in [0.3, 0.4) is 0 Å². The minimum absolute atomic E-state index is 0.00105. The van der Waals surface area contributed by atoms with Gasteiger partial charge in [-0.15, -0.1) is 0 Å². The molecule has 0 bridgehead atoms. The molecule has 1 aliphatic rings. The number of benzene rings is 1. The van der Waals surface area contributed by atoms with Gasteiger partial charge < -0.3 is 9.64 Å². The number of likely N-dealkylation sites (tertiary alicyclic amines) is 1. The van der Waals surface area contributed by atoms with Crippen LogP contribution in [-0.2, 0) is 10.9 Å². The molecule has 1 heterocycles. The first-order chi connectivity index (χ1) is 9.75. The Balaban J connectivity index is 2.37. The van der Waals surface area contributed by atoms with Gasteiger partial charge in [0, 0.05) is 24.7 Å². The highest BCUT2D eigenvalue weighted by Gasteiger charge is 2.38. The number of rotatable bonds is 2. The lowest BCUT2D eigenvalue weighted by Gasteiger charge is -2.19. The molecule has 1 aliphatic heterocycles. The second-order valence-electron chi connectivity index (χ2n) is 4.68. The topological polar surface area (TPSA) is 29.5 Å². The van der Waals surface area contributed by atoms with Crippen molar-refractivity contribution < 1.29 is 27.1 Å². The summed E-state index contributed by atoms with van der Waals surface area (Å²) < 4.78 is 57.3. The number of alkyl halides is 3. The summed E-state index contributed by atoms with van der Waals surface area (Å²) >= 11 is 2.94. The van der Waals surface area contributed by atoms with Crippen LogP contribution in [0.4, 0.5) is 17.6 Å². The van der Waals surface area contributed by atoms with Crippen molar-refractivity contribution in [3.05, 3.63) is 33.5 Å². The van der Waals surface area contributed by atoms with E-state index in [2.05, 4.69) is 15.9 Å². The van der Waals surface area contributed by atoms with E-state index < -0.39 is 29.0 Å². The van der Waals surface area contributed by atoms with E-state index in [1.54, 1.807) is 0 Å². The fourth-order valence-electron chi connectivity index (χ4n) is 2.23. The predicted molar refractivity (Wildman–Crippen MR) is 70.4 cm³/mol. The lowest BCUT2D eigenvalue weighted by Crippen LogP contribution is -2.31. The molecular weight excluding hydrogens is 358 g/mol. The quantitative estimate of drug-likeness (QED) is 0.747. The lowest BCUT2D eigenvalue weighted by molar-refractivity contribution is -0.140. The van der Waals surface area contributed by atoms with Crippen LogP contribution in [0.2, 0.25) is 0 Å². The SMILES string of the molecule is CO[C@@H]1CCN(C(=O)c2c(Br)ccc(C(F)(F)F)c2F)C1. The molecule has 116 valence electrons. The molecular formula is C13H12BrF4NO2. The van der Waals surface area contributed by atoms with Gasteiger partial charge >= 0.3 is 6.18 Å². The summed E-state index contributed by atoms with van der Waals surface area (Å²) in [7, 11) is 1.49. The third-order valence-electron chi connectivity index (χ3n) is 3.38. The van der Waals surface area contributed by atoms with Crippen molar-refractivity contribution in [3.8, 4) is 0 Å². The molecule has 21 heavy (non-hydrogen) atoms. The van der Waals surface area contributed by atoms with Crippen LogP contribution in [0.5, 0.6) is 0 Å². The molecule has 0 N–H and O–H groups in total. The van der Waals surface area contributed by atoms with Crippen LogP contribution in [-0.4, -0.2) is 37.1 Å². The molecule has 8 heteroatoms. The van der Waals surface area contributed by atoms with Gasteiger partial charge in [0.15, 0.2) is 0 Å². The van der Waals surface area contributed by atoms with Crippen LogP contribution in [0.25, 0.3) is 0 Å². The zero-order chi connectivity index (χ0) is 15.8. The molecule has 1 atom stereocenters. The van der Waals surface area contributed by atoms with E-state index in [1.165, 1.54) is 12.0 Å². The molecule has 0 spiro atoms. The van der Waals surface area contributed by atoms with E-state index >= 15 is 0 Å². The van der Waals surface area contributed by atoms with Gasteiger partial charge in [0.05, 0.1) is 17.2 Å². The number of hydrogen-bond donors (Lipinski definition) is 0. The van der Waals surface area contributed by atoms with Crippen LogP contribution >= 0.6 is 15.9 Å². The van der Waals surface area contributed by atoms with E-state index in [0.717, 1.165) is 6.07 Å². The first kappa shape index (κ1) is 16.2. The van der Waals surface area contributed by atoms with Crippen LogP contribution < -0.4 is 0 Å². The monoisotopic (exact) mass is 369 g/mol. The Kier molecular flexibility index (Phi) is 4.57. The second-order valence-corrected chi connectivity index (χ2v) is 5.53. The van der Waals surface area contributed by atoms with Crippen molar-refractivity contribution in [1.29, 1.82) is 0 Å². The molecule has 2 rings (SSSR count). The van der Waals surface area contributed by atoms with Gasteiger partial charge in [-0.2, -0.15) is 13.2 Å². The lowest BCUT2D eigenvalue weighted by atomic mass is 10.1. The van der Waals surface area contributed by atoms with E-state index in [9.17, 15) is 22.4 Å². The predicted octanol–water partition coefficient (Wildman–Crippen LogP) is 3.47. The molecule has 0 aliphatic carbocycles. The average molecular weight is 370 g/mol. The zero-order valence-electron chi connectivity index (χ0n) is 11.0. The summed E-state index contributed by atoms with van der Waals surface area (Å²) in [5, 5.41) is 0. The van der Waals surface area contributed by atoms with Crippen LogP contribution in [0.1, 0.15) is 22.3 Å². The maximum absolute atomic E-state index is 14.1. The minimum Gasteiger partial charge on any atom is -0.380 e. The van der Waals surface area contributed by atoms with Gasteiger partial charge in [-0.25, -0.2) is 4.39 Å². The van der Waals surface area contributed by atoms with Gasteiger partial charge in [-0.3, -0.25) is 4.79 Å². The molecule has 1 amide bonds. The van der Waals surface area contributed by atoms with Crippen molar-refractivity contribution in [2.24, 2.45) is 0 Å². The number of carbonyl (C=O) groups is 1. The molecule has 3 nitrogen and oxygen atoms in total. The molecule has 0 saturated carbocycles. The fourth-order valence-corrected chi connectivity index (χ4v) is 2.71. The molecule has 1 aromatic rings. The molecule has 1 aromatic carbocycles. The third kappa shape index (κ3) is 3.21. The standard InChI is InChI=1S/C13H12BrF4NO2/c1-21-7-4-5-19(6-7)12(20)10-9(14)3-2-8(11(10)15)13(16,17)18/h2-3,7H,4-6H2,1H3/t7-/m1/s1. The number of halogens is 5. The van der Waals surface area contributed by atoms with Gasteiger partial charge in [0.1, 0.15) is 5.82 Å². The van der Waals surface area contributed by atoms with Crippen molar-refractivity contribution >= 4 is 21.8 Å². The summed E-state index contributed by atoms with van der Waals surface area (Å²) in [6.45, 7) is 0.553. The average Bonchev–Trinajstić information content (AvgIpc) is 2.85. The van der Waals surface area contributed by atoms with Crippen molar-refractivity contribution in [2.75, 3.05) is 20.2 Å². The Morgan fingerprint density at radius 3 is 2.62 bits per heavy atom. The van der Waals surface area contributed by atoms with E-state index in [-0.39, 0.29) is 17.1 Å². The zero-order valence-corrected chi connectivity index (χ0v) is 12.6. The fraction of sp³-hybridized carbons (Fsp3) is 0.462. The Morgan fingerprint density at radius 2 is 2.10 bits per heavy atom. The summed E-state index contributed by atoms with van der Waals surface area (Å²) in [5.41, 5.74) is -2.04. The summed E-state index contributed by atoms with van der Waals surface area (Å²) in [6, 6.07) is 1.64. The van der Waals surface area contributed by atoms with Gasteiger partial charge in [0.2, 0.25) is 0 Å². The number of nitrogens with zero attached hydrogens (tertiary/aromatic N) is 1. The molecule has 1 fully saturated rings. The number of ether oxygens (including phenoxy) is 1. The number of hydrogen-bond acceptors (Lipinski definition) is 2. The Labute approximate surface area is 127 Å². The highest BCUT2D eigenvalue weighted by atomic mass is 79.9. The largest absolute Gasteiger partial charge is 0.419 e. The highest BCUT2D eigenvalue weighted by Crippen LogP contribution is 2.35. The van der Waals surface area contributed by atoms with E-state index in [4.69, 9.17) is 4.74 Å². The number of carbonyl (C=O) groups excluding carboxylic acids is 1. The van der Waals surface area contributed by atoms with E-state index in [1.807, 2.05) is 0 Å². The maximum atomic E-state index is 14.1. The van der Waals surface area contributed by atoms with Crippen LogP contribution in [0, 0.1) is 5.82 Å². The Hall–Kier alpha value is -1.15. The third-order valence-corrected chi connectivity index (χ3v) is 4.04. The van der Waals surface area contributed by atoms with Gasteiger partial charge in [0.25, 0.3) is 5.91 Å². The van der Waals surface area contributed by atoms with Crippen molar-refractivity contribution in [1.82, 2.24) is 4.90 Å². The Morgan fingerprint density at radius 1 is 1.43 bits per heavy atom. The molecule has 0 radical (unpaired) electrons. The molecule has 0 unspecified atom stereocenters. The van der Waals surface area contributed by atoms with Crippen molar-refractivity contribution in [3.63, 3.8) is 0 Å². The van der Waals surface area contributed by atoms with Crippen LogP contribution in [0.15, 0.2) is 16.6 Å². The molecule has 0 aromatic heterocycles. The Bertz CT molecular complexity index is 562. The first-order valence-corrected chi connectivity index (χ1v) is 6.92. The summed E-state index contributed by atoms with van der Waals surface area (Å²) in [5.74, 6) is -2.33. The summed E-state index contributed by atoms with van der Waals surface area (Å²) in [6.07, 6.45) is -4.46. The number of methoxy groups -OCH3 is 1. The second kappa shape index (κ2) is 5.92.